The Hall–Kier alpha value is -2.89. The van der Waals surface area contributed by atoms with Crippen molar-refractivity contribution >= 4 is 23.1 Å². The first kappa shape index (κ1) is 19.9. The van der Waals surface area contributed by atoms with Crippen molar-refractivity contribution in [1.82, 2.24) is 9.97 Å². The second-order valence-corrected chi connectivity index (χ2v) is 8.29. The van der Waals surface area contributed by atoms with Gasteiger partial charge in [-0.05, 0) is 61.3 Å². The van der Waals surface area contributed by atoms with Crippen LogP contribution in [0.25, 0.3) is 5.57 Å². The first-order valence-electron chi connectivity index (χ1n) is 9.67. The Kier molecular flexibility index (Phi) is 5.68. The van der Waals surface area contributed by atoms with E-state index in [1.165, 1.54) is 5.57 Å². The largest absolute Gasteiger partial charge is 0.370 e. The minimum absolute atomic E-state index is 0.268. The third-order valence-corrected chi connectivity index (χ3v) is 5.23. The molecule has 2 aromatic rings. The van der Waals surface area contributed by atoms with Crippen molar-refractivity contribution in [1.29, 1.82) is 0 Å². The lowest BCUT2D eigenvalue weighted by atomic mass is 9.76. The summed E-state index contributed by atoms with van der Waals surface area (Å²) >= 11 is 0. The van der Waals surface area contributed by atoms with Crippen LogP contribution in [0.5, 0.6) is 0 Å². The van der Waals surface area contributed by atoms with Crippen molar-refractivity contribution in [2.24, 2.45) is 11.1 Å². The molecule has 3 rings (SSSR count). The highest BCUT2D eigenvalue weighted by molar-refractivity contribution is 6.03. The molecule has 0 bridgehead atoms. The van der Waals surface area contributed by atoms with Crippen molar-refractivity contribution in [2.45, 2.75) is 52.9 Å². The maximum Gasteiger partial charge on any atom is 0.291 e. The Bertz CT molecular complexity index is 924. The molecule has 0 atom stereocenters. The van der Waals surface area contributed by atoms with E-state index in [9.17, 15) is 9.59 Å². The molecule has 1 aromatic carbocycles. The highest BCUT2D eigenvalue weighted by Gasteiger charge is 2.24. The van der Waals surface area contributed by atoms with Gasteiger partial charge in [0.1, 0.15) is 0 Å². The zero-order valence-electron chi connectivity index (χ0n) is 16.8. The zero-order chi connectivity index (χ0) is 20.3. The number of primary amides is 1. The molecule has 0 unspecified atom stereocenters. The maximum absolute atomic E-state index is 12.6. The molecule has 6 nitrogen and oxygen atoms in total. The van der Waals surface area contributed by atoms with E-state index >= 15 is 0 Å². The molecule has 1 aromatic heterocycles. The summed E-state index contributed by atoms with van der Waals surface area (Å²) in [6, 6.07) is 5.90. The van der Waals surface area contributed by atoms with Crippen LogP contribution in [0.15, 0.2) is 30.5 Å². The third-order valence-electron chi connectivity index (χ3n) is 5.23. The lowest BCUT2D eigenvalue weighted by molar-refractivity contribution is -0.117. The summed E-state index contributed by atoms with van der Waals surface area (Å²) in [4.78, 5) is 30.8. The molecule has 1 aliphatic carbocycles. The molecule has 1 aliphatic rings. The number of benzene rings is 1. The van der Waals surface area contributed by atoms with Gasteiger partial charge in [-0.3, -0.25) is 9.59 Å². The monoisotopic (exact) mass is 380 g/mol. The molecule has 4 N–H and O–H groups in total. The molecule has 28 heavy (non-hydrogen) atoms. The number of anilines is 1. The van der Waals surface area contributed by atoms with Crippen LogP contribution in [0, 0.1) is 12.3 Å². The molecule has 0 fully saturated rings. The Morgan fingerprint density at radius 3 is 2.71 bits per heavy atom. The molecule has 0 aliphatic heterocycles. The molecule has 1 heterocycles. The van der Waals surface area contributed by atoms with Gasteiger partial charge in [-0.25, -0.2) is 4.98 Å². The number of aromatic amines is 1. The summed E-state index contributed by atoms with van der Waals surface area (Å²) in [6.07, 6.45) is 7.91. The number of allylic oxidation sites excluding steroid dienone is 2. The fraction of sp³-hybridized carbons (Fsp3) is 0.409. The summed E-state index contributed by atoms with van der Waals surface area (Å²) in [5.74, 6) is -0.290. The summed E-state index contributed by atoms with van der Waals surface area (Å²) in [5, 5.41) is 2.99. The number of H-pyrrole nitrogens is 1. The van der Waals surface area contributed by atoms with E-state index in [0.717, 1.165) is 41.8 Å². The Labute approximate surface area is 165 Å². The highest BCUT2D eigenvalue weighted by atomic mass is 16.2. The van der Waals surface area contributed by atoms with Crippen LogP contribution >= 0.6 is 0 Å². The van der Waals surface area contributed by atoms with Crippen molar-refractivity contribution in [2.75, 3.05) is 5.32 Å². The predicted molar refractivity (Wildman–Crippen MR) is 111 cm³/mol. The molecule has 2 amide bonds. The molecule has 0 radical (unpaired) electrons. The Morgan fingerprint density at radius 1 is 1.32 bits per heavy atom. The van der Waals surface area contributed by atoms with Crippen molar-refractivity contribution < 1.29 is 9.59 Å². The third kappa shape index (κ3) is 4.88. The van der Waals surface area contributed by atoms with Gasteiger partial charge in [-0.1, -0.05) is 26.0 Å². The van der Waals surface area contributed by atoms with E-state index in [1.54, 1.807) is 6.20 Å². The molecular weight excluding hydrogens is 352 g/mol. The Balaban J connectivity index is 1.90. The number of nitrogens with one attached hydrogen (secondary N) is 2. The van der Waals surface area contributed by atoms with Gasteiger partial charge in [0.05, 0.1) is 5.69 Å². The van der Waals surface area contributed by atoms with Crippen LogP contribution in [0.3, 0.4) is 0 Å². The van der Waals surface area contributed by atoms with E-state index in [-0.39, 0.29) is 11.8 Å². The summed E-state index contributed by atoms with van der Waals surface area (Å²) in [7, 11) is 0. The topological polar surface area (TPSA) is 101 Å². The smallest absolute Gasteiger partial charge is 0.291 e. The van der Waals surface area contributed by atoms with Crippen LogP contribution in [-0.2, 0) is 11.2 Å². The number of nitrogens with zero attached hydrogens (tertiary/aromatic N) is 1. The van der Waals surface area contributed by atoms with E-state index in [0.29, 0.717) is 24.1 Å². The fourth-order valence-corrected chi connectivity index (χ4v) is 3.42. The minimum Gasteiger partial charge on any atom is -0.370 e. The van der Waals surface area contributed by atoms with Gasteiger partial charge in [0.2, 0.25) is 5.91 Å². The van der Waals surface area contributed by atoms with E-state index < -0.39 is 0 Å². The number of hydrogen-bond acceptors (Lipinski definition) is 3. The van der Waals surface area contributed by atoms with Crippen molar-refractivity contribution in [3.05, 3.63) is 53.1 Å². The van der Waals surface area contributed by atoms with E-state index in [2.05, 4.69) is 41.3 Å². The van der Waals surface area contributed by atoms with Gasteiger partial charge in [0.25, 0.3) is 5.91 Å². The Morgan fingerprint density at radius 2 is 2.11 bits per heavy atom. The molecular formula is C22H28N4O2. The quantitative estimate of drug-likeness (QED) is 0.706. The van der Waals surface area contributed by atoms with Crippen molar-refractivity contribution in [3.63, 3.8) is 0 Å². The second kappa shape index (κ2) is 8.00. The van der Waals surface area contributed by atoms with Crippen LogP contribution < -0.4 is 11.1 Å². The normalized spacial score (nSPS) is 15.8. The van der Waals surface area contributed by atoms with Crippen LogP contribution in [0.1, 0.15) is 67.0 Å². The number of carbonyl (C=O) groups is 2. The first-order valence-corrected chi connectivity index (χ1v) is 9.67. The molecule has 0 spiro atoms. The first-order chi connectivity index (χ1) is 13.2. The predicted octanol–water partition coefficient (Wildman–Crippen LogP) is 3.98. The van der Waals surface area contributed by atoms with Gasteiger partial charge in [-0.2, -0.15) is 0 Å². The van der Waals surface area contributed by atoms with Gasteiger partial charge in [0, 0.05) is 23.9 Å². The highest BCUT2D eigenvalue weighted by Crippen LogP contribution is 2.40. The molecule has 0 saturated carbocycles. The van der Waals surface area contributed by atoms with Crippen LogP contribution in [0.2, 0.25) is 0 Å². The molecule has 0 saturated heterocycles. The minimum atomic E-state index is -0.314. The van der Waals surface area contributed by atoms with Gasteiger partial charge < -0.3 is 16.0 Å². The summed E-state index contributed by atoms with van der Waals surface area (Å²) < 4.78 is 0. The average Bonchev–Trinajstić information content (AvgIpc) is 3.07. The number of rotatable bonds is 6. The standard InChI is InChI=1S/C22H28N4O2/c1-14-13-24-20(25-14)21(28)26-18-6-4-15(5-7-19(23)27)12-17(18)16-8-10-22(2,3)11-9-16/h4,6,8,12-13H,5,7,9-11H2,1-3H3,(H2,23,27)(H,24,25)(H,26,28). The maximum atomic E-state index is 12.6. The van der Waals surface area contributed by atoms with Crippen LogP contribution in [-0.4, -0.2) is 21.8 Å². The van der Waals surface area contributed by atoms with Gasteiger partial charge in [-0.15, -0.1) is 0 Å². The number of aryl methyl sites for hydroxylation is 2. The fourth-order valence-electron chi connectivity index (χ4n) is 3.42. The van der Waals surface area contributed by atoms with E-state index in [1.807, 2.05) is 19.1 Å². The molecule has 148 valence electrons. The van der Waals surface area contributed by atoms with Gasteiger partial charge >= 0.3 is 0 Å². The number of carbonyl (C=O) groups excluding carboxylic acids is 2. The van der Waals surface area contributed by atoms with Gasteiger partial charge in [0.15, 0.2) is 5.82 Å². The molecule has 6 heteroatoms. The van der Waals surface area contributed by atoms with Crippen LogP contribution in [0.4, 0.5) is 5.69 Å². The van der Waals surface area contributed by atoms with Crippen molar-refractivity contribution in [3.8, 4) is 0 Å². The lowest BCUT2D eigenvalue weighted by Crippen LogP contribution is -2.17. The SMILES string of the molecule is Cc1c[nH]c(C(=O)Nc2ccc(CCC(N)=O)cc2C2=CCC(C)(C)CC2)n1. The summed E-state index contributed by atoms with van der Waals surface area (Å²) in [5.41, 5.74) is 10.4. The number of aromatic nitrogens is 2. The number of imidazole rings is 1. The number of nitrogens with two attached hydrogens (primary N) is 1. The summed E-state index contributed by atoms with van der Waals surface area (Å²) in [6.45, 7) is 6.37. The van der Waals surface area contributed by atoms with E-state index in [4.69, 9.17) is 5.73 Å². The zero-order valence-corrected chi connectivity index (χ0v) is 16.8. The average molecular weight is 380 g/mol. The number of hydrogen-bond donors (Lipinski definition) is 3. The lowest BCUT2D eigenvalue weighted by Gasteiger charge is -2.29. The number of amides is 2. The second-order valence-electron chi connectivity index (χ2n) is 8.29.